The zero-order valence-corrected chi connectivity index (χ0v) is 11.0. The second kappa shape index (κ2) is 4.47. The van der Waals surface area contributed by atoms with Crippen molar-refractivity contribution in [2.75, 3.05) is 13.1 Å². The minimum absolute atomic E-state index is 0.365. The zero-order valence-electron chi connectivity index (χ0n) is 9.97. The summed E-state index contributed by atoms with van der Waals surface area (Å²) in [5, 5.41) is 0. The number of carbonyl (C=O) groups excluding carboxylic acids is 1. The monoisotopic (exact) mass is 213 g/mol. The Kier molecular flexibility index (Phi) is 3.76. The first kappa shape index (κ1) is 11.8. The molecule has 0 aromatic rings. The fourth-order valence-corrected chi connectivity index (χ4v) is 3.84. The SMILES string of the molecule is CC(C)CC(=O)N1CC[Si](C)(C)CC1. The van der Waals surface area contributed by atoms with E-state index in [1.807, 2.05) is 0 Å². The summed E-state index contributed by atoms with van der Waals surface area (Å²) in [7, 11) is -0.912. The Hall–Kier alpha value is -0.313. The Morgan fingerprint density at radius 1 is 1.29 bits per heavy atom. The van der Waals surface area contributed by atoms with E-state index in [1.165, 1.54) is 12.1 Å². The molecule has 0 aromatic heterocycles. The highest BCUT2D eigenvalue weighted by atomic mass is 28.3. The van der Waals surface area contributed by atoms with Crippen LogP contribution in [0, 0.1) is 5.92 Å². The van der Waals surface area contributed by atoms with Gasteiger partial charge in [0.1, 0.15) is 0 Å². The van der Waals surface area contributed by atoms with Gasteiger partial charge in [-0.2, -0.15) is 0 Å². The van der Waals surface area contributed by atoms with Gasteiger partial charge in [0.2, 0.25) is 5.91 Å². The summed E-state index contributed by atoms with van der Waals surface area (Å²) in [5.74, 6) is 0.860. The van der Waals surface area contributed by atoms with E-state index in [2.05, 4.69) is 31.8 Å². The lowest BCUT2D eigenvalue weighted by atomic mass is 10.1. The van der Waals surface area contributed by atoms with Crippen LogP contribution < -0.4 is 0 Å². The molecular weight excluding hydrogens is 190 g/mol. The van der Waals surface area contributed by atoms with Crippen molar-refractivity contribution in [2.24, 2.45) is 5.92 Å². The predicted molar refractivity (Wildman–Crippen MR) is 63.1 cm³/mol. The largest absolute Gasteiger partial charge is 0.343 e. The molecule has 1 heterocycles. The molecule has 0 N–H and O–H groups in total. The van der Waals surface area contributed by atoms with Crippen molar-refractivity contribution < 1.29 is 4.79 Å². The summed E-state index contributed by atoms with van der Waals surface area (Å²) in [4.78, 5) is 13.8. The van der Waals surface area contributed by atoms with Gasteiger partial charge >= 0.3 is 0 Å². The average Bonchev–Trinajstić information content (AvgIpc) is 2.02. The maximum absolute atomic E-state index is 11.8. The Bertz CT molecular complexity index is 203. The van der Waals surface area contributed by atoms with Gasteiger partial charge < -0.3 is 4.90 Å². The second-order valence-electron chi connectivity index (χ2n) is 5.64. The van der Waals surface area contributed by atoms with Gasteiger partial charge in [-0.1, -0.05) is 26.9 Å². The van der Waals surface area contributed by atoms with E-state index in [-0.39, 0.29) is 0 Å². The van der Waals surface area contributed by atoms with Crippen molar-refractivity contribution in [3.63, 3.8) is 0 Å². The summed E-state index contributed by atoms with van der Waals surface area (Å²) in [6, 6.07) is 2.58. The van der Waals surface area contributed by atoms with E-state index in [0.717, 1.165) is 19.5 Å². The molecule has 0 aliphatic carbocycles. The van der Waals surface area contributed by atoms with Crippen LogP contribution in [0.25, 0.3) is 0 Å². The molecule has 1 saturated heterocycles. The van der Waals surface area contributed by atoms with E-state index in [9.17, 15) is 4.79 Å². The fourth-order valence-electron chi connectivity index (χ4n) is 1.84. The van der Waals surface area contributed by atoms with E-state index < -0.39 is 8.07 Å². The van der Waals surface area contributed by atoms with E-state index >= 15 is 0 Å². The van der Waals surface area contributed by atoms with E-state index in [0.29, 0.717) is 11.8 Å². The molecule has 1 aliphatic heterocycles. The zero-order chi connectivity index (χ0) is 10.8. The smallest absolute Gasteiger partial charge is 0.222 e. The molecule has 0 atom stereocenters. The number of hydrogen-bond acceptors (Lipinski definition) is 1. The van der Waals surface area contributed by atoms with Crippen molar-refractivity contribution in [2.45, 2.75) is 45.5 Å². The molecule has 0 saturated carbocycles. The lowest BCUT2D eigenvalue weighted by molar-refractivity contribution is -0.131. The fraction of sp³-hybridized carbons (Fsp3) is 0.909. The minimum Gasteiger partial charge on any atom is -0.343 e. The maximum Gasteiger partial charge on any atom is 0.222 e. The van der Waals surface area contributed by atoms with E-state index in [4.69, 9.17) is 0 Å². The molecule has 1 aliphatic rings. The second-order valence-corrected chi connectivity index (χ2v) is 11.0. The molecule has 0 radical (unpaired) electrons. The van der Waals surface area contributed by atoms with Crippen molar-refractivity contribution >= 4 is 14.0 Å². The Balaban J connectivity index is 2.38. The molecule has 0 spiro atoms. The Labute approximate surface area is 88.7 Å². The molecule has 2 nitrogen and oxygen atoms in total. The highest BCUT2D eigenvalue weighted by molar-refractivity contribution is 6.77. The lowest BCUT2D eigenvalue weighted by Gasteiger charge is -2.36. The summed E-state index contributed by atoms with van der Waals surface area (Å²) >= 11 is 0. The van der Waals surface area contributed by atoms with Crippen LogP contribution in [0.1, 0.15) is 20.3 Å². The van der Waals surface area contributed by atoms with Crippen LogP contribution in [0.3, 0.4) is 0 Å². The topological polar surface area (TPSA) is 20.3 Å². The number of nitrogens with zero attached hydrogens (tertiary/aromatic N) is 1. The highest BCUT2D eigenvalue weighted by Crippen LogP contribution is 2.22. The molecular formula is C11H23NOSi. The van der Waals surface area contributed by atoms with Crippen LogP contribution in [0.15, 0.2) is 0 Å². The average molecular weight is 213 g/mol. The Morgan fingerprint density at radius 2 is 1.79 bits per heavy atom. The molecule has 0 bridgehead atoms. The van der Waals surface area contributed by atoms with Crippen LogP contribution in [0.5, 0.6) is 0 Å². The van der Waals surface area contributed by atoms with Crippen molar-refractivity contribution in [1.82, 2.24) is 4.90 Å². The lowest BCUT2D eigenvalue weighted by Crippen LogP contribution is -2.45. The van der Waals surface area contributed by atoms with Gasteiger partial charge in [0, 0.05) is 19.5 Å². The normalized spacial score (nSPS) is 21.4. The minimum atomic E-state index is -0.912. The first-order chi connectivity index (χ1) is 6.41. The molecule has 1 amide bonds. The third-order valence-corrected chi connectivity index (χ3v) is 6.21. The first-order valence-electron chi connectivity index (χ1n) is 5.68. The third kappa shape index (κ3) is 3.44. The van der Waals surface area contributed by atoms with Gasteiger partial charge in [-0.05, 0) is 18.0 Å². The Morgan fingerprint density at radius 3 is 2.21 bits per heavy atom. The number of hydrogen-bond donors (Lipinski definition) is 0. The summed E-state index contributed by atoms with van der Waals surface area (Å²) in [5.41, 5.74) is 0. The van der Waals surface area contributed by atoms with Crippen LogP contribution in [-0.2, 0) is 4.79 Å². The van der Waals surface area contributed by atoms with Crippen LogP contribution >= 0.6 is 0 Å². The first-order valence-corrected chi connectivity index (χ1v) is 9.10. The highest BCUT2D eigenvalue weighted by Gasteiger charge is 2.29. The van der Waals surface area contributed by atoms with E-state index in [1.54, 1.807) is 0 Å². The maximum atomic E-state index is 11.8. The van der Waals surface area contributed by atoms with Crippen LogP contribution in [0.2, 0.25) is 25.2 Å². The molecule has 1 fully saturated rings. The van der Waals surface area contributed by atoms with Crippen molar-refractivity contribution in [3.8, 4) is 0 Å². The van der Waals surface area contributed by atoms with Gasteiger partial charge in [0.15, 0.2) is 0 Å². The van der Waals surface area contributed by atoms with Gasteiger partial charge in [-0.25, -0.2) is 0 Å². The summed E-state index contributed by atoms with van der Waals surface area (Å²) in [6.07, 6.45) is 0.724. The molecule has 0 unspecified atom stereocenters. The quantitative estimate of drug-likeness (QED) is 0.646. The van der Waals surface area contributed by atoms with Crippen molar-refractivity contribution in [3.05, 3.63) is 0 Å². The summed E-state index contributed by atoms with van der Waals surface area (Å²) in [6.45, 7) is 11.1. The molecule has 14 heavy (non-hydrogen) atoms. The number of carbonyl (C=O) groups is 1. The molecule has 82 valence electrons. The van der Waals surface area contributed by atoms with Crippen molar-refractivity contribution in [1.29, 1.82) is 0 Å². The van der Waals surface area contributed by atoms with Gasteiger partial charge in [0.25, 0.3) is 0 Å². The third-order valence-electron chi connectivity index (χ3n) is 3.05. The van der Waals surface area contributed by atoms with Crippen LogP contribution in [0.4, 0.5) is 0 Å². The predicted octanol–water partition coefficient (Wildman–Crippen LogP) is 2.58. The van der Waals surface area contributed by atoms with Gasteiger partial charge in [-0.15, -0.1) is 0 Å². The molecule has 3 heteroatoms. The molecule has 0 aromatic carbocycles. The van der Waals surface area contributed by atoms with Crippen LogP contribution in [-0.4, -0.2) is 32.0 Å². The molecule has 1 rings (SSSR count). The van der Waals surface area contributed by atoms with Gasteiger partial charge in [0.05, 0.1) is 8.07 Å². The number of amides is 1. The summed E-state index contributed by atoms with van der Waals surface area (Å²) < 4.78 is 0. The standard InChI is InChI=1S/C11H23NOSi/c1-10(2)9-11(13)12-5-7-14(3,4)8-6-12/h10H,5-9H2,1-4H3. The van der Waals surface area contributed by atoms with Gasteiger partial charge in [-0.3, -0.25) is 4.79 Å². The number of rotatable bonds is 2.